The zero-order valence-corrected chi connectivity index (χ0v) is 29.9. The van der Waals surface area contributed by atoms with Crippen molar-refractivity contribution in [2.75, 3.05) is 4.90 Å². The van der Waals surface area contributed by atoms with E-state index in [1.54, 1.807) is 0 Å². The van der Waals surface area contributed by atoms with Gasteiger partial charge in [-0.15, -0.1) is 11.3 Å². The first-order valence-corrected chi connectivity index (χ1v) is 20.2. The fourth-order valence-electron chi connectivity index (χ4n) is 7.97. The number of fused-ring (bicyclic) bond motifs is 6. The molecule has 0 saturated heterocycles. The number of aromatic nitrogens is 2. The van der Waals surface area contributed by atoms with Crippen LogP contribution in [0.2, 0.25) is 0 Å². The molecule has 0 saturated carbocycles. The van der Waals surface area contributed by atoms with Gasteiger partial charge in [0.2, 0.25) is 0 Å². The Bertz CT molecular complexity index is 2690. The van der Waals surface area contributed by atoms with E-state index in [1.165, 1.54) is 40.9 Å². The van der Waals surface area contributed by atoms with Gasteiger partial charge in [-0.05, 0) is 81.4 Å². The molecule has 0 unspecified atom stereocenters. The van der Waals surface area contributed by atoms with Crippen molar-refractivity contribution in [2.45, 2.75) is 0 Å². The van der Waals surface area contributed by atoms with Crippen LogP contribution in [0, 0.1) is 0 Å². The first-order valence-electron chi connectivity index (χ1n) is 17.4. The largest absolute Gasteiger partial charge is 0.457 e. The molecule has 246 valence electrons. The fourth-order valence-corrected chi connectivity index (χ4v) is 14.4. The Morgan fingerprint density at radius 3 is 2.04 bits per heavy atom. The summed E-state index contributed by atoms with van der Waals surface area (Å²) in [6.07, 6.45) is 3.74. The number of hydrogen-bond donors (Lipinski definition) is 0. The van der Waals surface area contributed by atoms with Gasteiger partial charge in [-0.3, -0.25) is 9.88 Å². The standard InChI is InChI=1S/C46H31N3OSSi/c1-3-18-36(19-4-1)52(37-20-5-2-6-21-37)43-25-13-29-48-46(43)49(40-26-27-42-44(45(40)52)38-22-7-8-24-41(38)51-42)33-15-12-17-35(31-33)50-34-16-11-14-32(30-34)39-23-9-10-28-47-39/h1-31H. The Balaban J connectivity index is 1.23. The highest BCUT2D eigenvalue weighted by Crippen LogP contribution is 2.43. The maximum atomic E-state index is 6.58. The molecule has 4 heterocycles. The van der Waals surface area contributed by atoms with Crippen LogP contribution in [-0.2, 0) is 0 Å². The van der Waals surface area contributed by atoms with Crippen molar-refractivity contribution in [3.63, 3.8) is 0 Å². The minimum Gasteiger partial charge on any atom is -0.457 e. The van der Waals surface area contributed by atoms with Crippen molar-refractivity contribution >= 4 is 77.5 Å². The first-order chi connectivity index (χ1) is 25.8. The summed E-state index contributed by atoms with van der Waals surface area (Å²) in [4.78, 5) is 12.1. The van der Waals surface area contributed by atoms with Gasteiger partial charge in [0.05, 0.1) is 11.4 Å². The molecule has 4 nitrogen and oxygen atoms in total. The van der Waals surface area contributed by atoms with Crippen LogP contribution in [0.25, 0.3) is 31.4 Å². The van der Waals surface area contributed by atoms with Crippen molar-refractivity contribution in [1.82, 2.24) is 9.97 Å². The molecule has 9 aromatic rings. The van der Waals surface area contributed by atoms with E-state index in [-0.39, 0.29) is 0 Å². The zero-order chi connectivity index (χ0) is 34.5. The molecular formula is C46H31N3OSSi. The molecule has 0 radical (unpaired) electrons. The zero-order valence-electron chi connectivity index (χ0n) is 28.1. The van der Waals surface area contributed by atoms with Crippen LogP contribution in [0.5, 0.6) is 11.5 Å². The van der Waals surface area contributed by atoms with Crippen molar-refractivity contribution < 1.29 is 4.74 Å². The topological polar surface area (TPSA) is 38.2 Å². The molecule has 1 aliphatic heterocycles. The summed E-state index contributed by atoms with van der Waals surface area (Å²) in [7, 11) is -2.94. The van der Waals surface area contributed by atoms with Gasteiger partial charge in [0.1, 0.15) is 17.3 Å². The van der Waals surface area contributed by atoms with Gasteiger partial charge in [0.25, 0.3) is 0 Å². The highest BCUT2D eigenvalue weighted by molar-refractivity contribution is 7.28. The number of pyridine rings is 2. The van der Waals surface area contributed by atoms with Crippen molar-refractivity contribution in [2.24, 2.45) is 0 Å². The van der Waals surface area contributed by atoms with Gasteiger partial charge < -0.3 is 4.74 Å². The van der Waals surface area contributed by atoms with E-state index in [0.29, 0.717) is 0 Å². The van der Waals surface area contributed by atoms with Gasteiger partial charge in [0, 0.05) is 49.9 Å². The third-order valence-corrected chi connectivity index (χ3v) is 16.0. The van der Waals surface area contributed by atoms with Gasteiger partial charge in [-0.25, -0.2) is 4.98 Å². The quantitative estimate of drug-likeness (QED) is 0.162. The molecule has 3 aromatic heterocycles. The van der Waals surface area contributed by atoms with Crippen LogP contribution < -0.4 is 30.4 Å². The fraction of sp³-hybridized carbons (Fsp3) is 0. The predicted molar refractivity (Wildman–Crippen MR) is 219 cm³/mol. The molecular weight excluding hydrogens is 671 g/mol. The lowest BCUT2D eigenvalue weighted by Crippen LogP contribution is -2.77. The summed E-state index contributed by atoms with van der Waals surface area (Å²) in [6.45, 7) is 0. The molecule has 1 aliphatic rings. The number of thiophene rings is 1. The number of hydrogen-bond acceptors (Lipinski definition) is 5. The number of anilines is 3. The lowest BCUT2D eigenvalue weighted by Gasteiger charge is -2.44. The Morgan fingerprint density at radius 1 is 0.538 bits per heavy atom. The van der Waals surface area contributed by atoms with E-state index < -0.39 is 8.07 Å². The van der Waals surface area contributed by atoms with Gasteiger partial charge in [0.15, 0.2) is 8.07 Å². The van der Waals surface area contributed by atoms with E-state index in [2.05, 4.69) is 143 Å². The third kappa shape index (κ3) is 4.80. The normalized spacial score (nSPS) is 13.1. The second-order valence-corrected chi connectivity index (χ2v) is 17.7. The molecule has 0 bridgehead atoms. The Morgan fingerprint density at radius 2 is 1.25 bits per heavy atom. The Labute approximate surface area is 306 Å². The molecule has 6 aromatic carbocycles. The van der Waals surface area contributed by atoms with E-state index in [1.807, 2.05) is 66.2 Å². The van der Waals surface area contributed by atoms with Gasteiger partial charge in [-0.1, -0.05) is 109 Å². The van der Waals surface area contributed by atoms with Crippen LogP contribution in [0.15, 0.2) is 188 Å². The first kappa shape index (κ1) is 30.5. The molecule has 52 heavy (non-hydrogen) atoms. The Kier molecular flexibility index (Phi) is 7.30. The predicted octanol–water partition coefficient (Wildman–Crippen LogP) is 9.46. The lowest BCUT2D eigenvalue weighted by molar-refractivity contribution is 0.483. The summed E-state index contributed by atoms with van der Waals surface area (Å²) in [6, 6.07) is 62.6. The highest BCUT2D eigenvalue weighted by atomic mass is 32.1. The smallest absolute Gasteiger partial charge is 0.187 e. The van der Waals surface area contributed by atoms with E-state index in [9.17, 15) is 0 Å². The minimum atomic E-state index is -2.94. The summed E-state index contributed by atoms with van der Waals surface area (Å²) < 4.78 is 9.16. The lowest BCUT2D eigenvalue weighted by atomic mass is 10.1. The molecule has 0 spiro atoms. The van der Waals surface area contributed by atoms with E-state index in [0.717, 1.165) is 39.9 Å². The average Bonchev–Trinajstić information content (AvgIpc) is 3.60. The van der Waals surface area contributed by atoms with Gasteiger partial charge >= 0.3 is 0 Å². The molecule has 10 rings (SSSR count). The monoisotopic (exact) mass is 701 g/mol. The third-order valence-electron chi connectivity index (χ3n) is 10.1. The van der Waals surface area contributed by atoms with Crippen molar-refractivity contribution in [3.05, 3.63) is 188 Å². The summed E-state index contributed by atoms with van der Waals surface area (Å²) in [5, 5.41) is 7.94. The Hall–Kier alpha value is -6.34. The maximum Gasteiger partial charge on any atom is 0.187 e. The minimum absolute atomic E-state index is 0.747. The van der Waals surface area contributed by atoms with E-state index in [4.69, 9.17) is 9.72 Å². The van der Waals surface area contributed by atoms with Crippen LogP contribution in [-0.4, -0.2) is 18.0 Å². The second kappa shape index (κ2) is 12.5. The summed E-state index contributed by atoms with van der Waals surface area (Å²) in [5.74, 6) is 2.45. The summed E-state index contributed by atoms with van der Waals surface area (Å²) in [5.41, 5.74) is 4.05. The van der Waals surface area contributed by atoms with Crippen LogP contribution in [0.1, 0.15) is 0 Å². The number of ether oxygens (including phenoxy) is 1. The molecule has 6 heteroatoms. The highest BCUT2D eigenvalue weighted by Gasteiger charge is 2.50. The van der Waals surface area contributed by atoms with Gasteiger partial charge in [-0.2, -0.15) is 0 Å². The van der Waals surface area contributed by atoms with Crippen LogP contribution in [0.4, 0.5) is 17.2 Å². The average molecular weight is 702 g/mol. The second-order valence-electron chi connectivity index (χ2n) is 13.0. The SMILES string of the molecule is c1ccc([Si]2(c3ccccc3)c3cccnc3N(c3cccc(Oc4cccc(-c5ccccn5)c4)c3)c3ccc4sc5ccccc5c4c32)cc1. The van der Waals surface area contributed by atoms with Crippen molar-refractivity contribution in [3.8, 4) is 22.8 Å². The number of nitrogens with zero attached hydrogens (tertiary/aromatic N) is 3. The molecule has 0 aliphatic carbocycles. The van der Waals surface area contributed by atoms with Crippen LogP contribution >= 0.6 is 11.3 Å². The number of benzene rings is 6. The summed E-state index contributed by atoms with van der Waals surface area (Å²) >= 11 is 1.87. The molecule has 0 amide bonds. The number of rotatable bonds is 6. The van der Waals surface area contributed by atoms with Crippen LogP contribution in [0.3, 0.4) is 0 Å². The molecule has 0 atom stereocenters. The van der Waals surface area contributed by atoms with E-state index >= 15 is 0 Å². The van der Waals surface area contributed by atoms with Crippen molar-refractivity contribution in [1.29, 1.82) is 0 Å². The maximum absolute atomic E-state index is 6.58. The molecule has 0 fully saturated rings. The molecule has 0 N–H and O–H groups in total.